The summed E-state index contributed by atoms with van der Waals surface area (Å²) >= 11 is 0. The third-order valence-corrected chi connectivity index (χ3v) is 21.7. The van der Waals surface area contributed by atoms with Gasteiger partial charge in [-0.25, -0.2) is 4.79 Å². The SMILES string of the molecule is CCCCCCCC/C=C\CCCCCCCCCCCCCC(=O)N[C@@H](CO[C@@H]1OC(CO)[C@@H](O[C@@H]2OC(CO)[C@H](O)[C@H](O[C@@H]3OC(CO)[C@@H](O[C@@H]4OC(CO[C@]5(C(=O)O)CC(O)[C@@H](NC(C)=O)C([C@H](O)[C@H](O)CO)O5)[C@H](O)[C@H](O)C4O)[C@H](O)C3NC(C)=O)C2O)[C@H](O)C1O)[C@H](O)/C=C/CCCCCCCCCCCCC. The fourth-order valence-corrected chi connectivity index (χ4v) is 15.0. The molecule has 28 atom stereocenters. The molecule has 113 heavy (non-hydrogen) atoms. The summed E-state index contributed by atoms with van der Waals surface area (Å²) in [5.74, 6) is -6.94. The van der Waals surface area contributed by atoms with Gasteiger partial charge >= 0.3 is 5.97 Å². The van der Waals surface area contributed by atoms with Crippen LogP contribution in [0.3, 0.4) is 0 Å². The Morgan fingerprint density at radius 3 is 1.40 bits per heavy atom. The van der Waals surface area contributed by atoms with E-state index in [4.69, 9.17) is 47.4 Å². The molecule has 20 N–H and O–H groups in total. The number of carboxylic acids is 1. The van der Waals surface area contributed by atoms with Gasteiger partial charge in [-0.15, -0.1) is 0 Å². The molecule has 0 saturated carbocycles. The molecule has 34 nitrogen and oxygen atoms in total. The van der Waals surface area contributed by atoms with Crippen molar-refractivity contribution in [3.05, 3.63) is 24.3 Å². The number of nitrogens with one attached hydrogen (secondary N) is 3. The fraction of sp³-hybridized carbons (Fsp3) is 0.899. The maximum atomic E-state index is 13.6. The monoisotopic (exact) mass is 1630 g/mol. The number of carbonyl (C=O) groups excluding carboxylic acids is 3. The zero-order chi connectivity index (χ0) is 83.0. The Morgan fingerprint density at radius 1 is 0.469 bits per heavy atom. The quantitative estimate of drug-likeness (QED) is 0.0299. The van der Waals surface area contributed by atoms with E-state index in [1.807, 2.05) is 6.08 Å². The Labute approximate surface area is 665 Å². The molecule has 3 amide bonds. The Bertz CT molecular complexity index is 2660. The number of unbranched alkanes of at least 4 members (excludes halogenated alkanes) is 28. The minimum absolute atomic E-state index is 0.172. The van der Waals surface area contributed by atoms with Gasteiger partial charge in [-0.1, -0.05) is 192 Å². The standard InChI is InChI=1S/C79H141N3O31/c1-5-7-9-11-13-15-17-19-20-21-22-23-24-25-26-28-30-32-34-36-38-40-58(92)82-50(51(89)39-37-35-33-31-29-27-18-16-14-12-10-8-6-2)46-104-75-68(100)66(98)71(56(45-86)108-75)111-77-69(101)73(63(95)54(43-84)106-77)112-74-60(81-49(4)88)64(96)70(55(44-85)107-74)110-76-67(99)65(97)62(94)57(109-76)47-105-79(78(102)103)41-52(90)59(80-48(3)87)72(113-79)61(93)53(91)42-83/h19-20,37,39,50-57,59-77,83-86,89-91,93-101H,5-18,21-36,38,40-47H2,1-4H3,(H,80,87)(H,81,88)(H,82,92)(H,102,103)/b20-19-,39-37+/t50-,51+,52?,53+,54?,55?,56?,57?,59+,60?,61+,62-,63-,64+,65-,66+,67?,68?,69?,70+,71+,72?,73-,74-,75+,76-,77-,79+/m0/s1. The van der Waals surface area contributed by atoms with Crippen molar-refractivity contribution in [3.63, 3.8) is 0 Å². The Hall–Kier alpha value is -3.68. The van der Waals surface area contributed by atoms with Gasteiger partial charge in [-0.05, 0) is 44.9 Å². The van der Waals surface area contributed by atoms with Crippen molar-refractivity contribution in [2.75, 3.05) is 39.6 Å². The van der Waals surface area contributed by atoms with Crippen LogP contribution in [0, 0.1) is 0 Å². The largest absolute Gasteiger partial charge is 0.477 e. The molecule has 658 valence electrons. The number of amides is 3. The lowest BCUT2D eigenvalue weighted by Crippen LogP contribution is -2.70. The molecule has 0 aromatic heterocycles. The maximum Gasteiger partial charge on any atom is 0.364 e. The summed E-state index contributed by atoms with van der Waals surface area (Å²) in [5.41, 5.74) is 0. The van der Waals surface area contributed by atoms with Crippen molar-refractivity contribution in [2.24, 2.45) is 0 Å². The topological polar surface area (TPSA) is 541 Å². The molecule has 5 fully saturated rings. The van der Waals surface area contributed by atoms with Gasteiger partial charge in [0.15, 0.2) is 25.2 Å². The van der Waals surface area contributed by atoms with Gasteiger partial charge < -0.3 is 150 Å². The van der Waals surface area contributed by atoms with E-state index in [0.29, 0.717) is 12.8 Å². The predicted octanol–water partition coefficient (Wildman–Crippen LogP) is 1.07. The molecule has 0 radical (unpaired) electrons. The summed E-state index contributed by atoms with van der Waals surface area (Å²) in [4.78, 5) is 51.4. The second-order valence-electron chi connectivity index (χ2n) is 31.1. The van der Waals surface area contributed by atoms with E-state index in [-0.39, 0.29) is 12.3 Å². The predicted molar refractivity (Wildman–Crippen MR) is 406 cm³/mol. The molecule has 0 aliphatic carbocycles. The zero-order valence-electron chi connectivity index (χ0n) is 66.8. The van der Waals surface area contributed by atoms with Crippen LogP contribution in [0.2, 0.25) is 0 Å². The molecule has 5 saturated heterocycles. The molecule has 0 aromatic rings. The first kappa shape index (κ1) is 99.9. The summed E-state index contributed by atoms with van der Waals surface area (Å²) in [6.07, 6.45) is -4.04. The molecule has 34 heteroatoms. The molecule has 0 aromatic carbocycles. The van der Waals surface area contributed by atoms with Crippen LogP contribution < -0.4 is 16.0 Å². The second kappa shape index (κ2) is 54.5. The van der Waals surface area contributed by atoms with Crippen molar-refractivity contribution < 1.29 is 153 Å². The first-order valence-corrected chi connectivity index (χ1v) is 41.7. The summed E-state index contributed by atoms with van der Waals surface area (Å²) in [5, 5.41) is 196. The van der Waals surface area contributed by atoms with Gasteiger partial charge in [0.05, 0.1) is 63.9 Å². The average Bonchev–Trinajstić information content (AvgIpc) is 0.769. The highest BCUT2D eigenvalue weighted by Crippen LogP contribution is 2.38. The van der Waals surface area contributed by atoms with Gasteiger partial charge in [0.25, 0.3) is 5.79 Å². The maximum absolute atomic E-state index is 13.6. The summed E-state index contributed by atoms with van der Waals surface area (Å²) in [6.45, 7) is 0.781. The van der Waals surface area contributed by atoms with Crippen molar-refractivity contribution in [1.82, 2.24) is 16.0 Å². The smallest absolute Gasteiger partial charge is 0.364 e. The van der Waals surface area contributed by atoms with Gasteiger partial charge in [0, 0.05) is 26.7 Å². The van der Waals surface area contributed by atoms with E-state index in [1.54, 1.807) is 6.08 Å². The third-order valence-electron chi connectivity index (χ3n) is 21.7. The Morgan fingerprint density at radius 2 is 0.903 bits per heavy atom. The third kappa shape index (κ3) is 32.8. The van der Waals surface area contributed by atoms with Crippen LogP contribution in [-0.4, -0.2) is 321 Å². The lowest BCUT2D eigenvalue weighted by Gasteiger charge is -2.50. The number of ether oxygens (including phenoxy) is 10. The number of aliphatic hydroxyl groups is 16. The number of hydrogen-bond acceptors (Lipinski definition) is 30. The Kier molecular flexibility index (Phi) is 48.2. The highest BCUT2D eigenvalue weighted by atomic mass is 16.8. The number of aliphatic hydroxyl groups excluding tert-OH is 16. The molecule has 5 aliphatic heterocycles. The zero-order valence-corrected chi connectivity index (χ0v) is 66.8. The molecular formula is C79H141N3O31. The van der Waals surface area contributed by atoms with E-state index < -0.39 is 235 Å². The van der Waals surface area contributed by atoms with Crippen molar-refractivity contribution in [1.29, 1.82) is 0 Å². The number of hydrogen-bond donors (Lipinski definition) is 20. The van der Waals surface area contributed by atoms with Gasteiger partial charge in [0.2, 0.25) is 17.7 Å². The minimum atomic E-state index is -2.98. The summed E-state index contributed by atoms with van der Waals surface area (Å²) < 4.78 is 58.6. The van der Waals surface area contributed by atoms with Gasteiger partial charge in [-0.2, -0.15) is 0 Å². The van der Waals surface area contributed by atoms with Crippen molar-refractivity contribution in [2.45, 2.75) is 411 Å². The van der Waals surface area contributed by atoms with E-state index in [1.165, 1.54) is 128 Å². The lowest BCUT2D eigenvalue weighted by atomic mass is 9.88. The molecule has 0 spiro atoms. The van der Waals surface area contributed by atoms with Crippen LogP contribution in [-0.2, 0) is 66.5 Å². The average molecular weight is 1630 g/mol. The lowest BCUT2D eigenvalue weighted by molar-refractivity contribution is -0.383. The van der Waals surface area contributed by atoms with Crippen LogP contribution in [0.5, 0.6) is 0 Å². The van der Waals surface area contributed by atoms with E-state index in [0.717, 1.165) is 71.6 Å². The Balaban J connectivity index is 1.20. The minimum Gasteiger partial charge on any atom is -0.477 e. The van der Waals surface area contributed by atoms with E-state index >= 15 is 0 Å². The van der Waals surface area contributed by atoms with Gasteiger partial charge in [0.1, 0.15) is 116 Å². The van der Waals surface area contributed by atoms with Crippen molar-refractivity contribution >= 4 is 23.7 Å². The normalized spacial score (nSPS) is 33.5. The number of carbonyl (C=O) groups is 4. The number of carboxylic acid groups (broad SMARTS) is 1. The summed E-state index contributed by atoms with van der Waals surface area (Å²) in [7, 11) is 0. The number of aliphatic carboxylic acids is 1. The van der Waals surface area contributed by atoms with Crippen LogP contribution in [0.4, 0.5) is 0 Å². The van der Waals surface area contributed by atoms with Gasteiger partial charge in [-0.3, -0.25) is 14.4 Å². The second-order valence-corrected chi connectivity index (χ2v) is 31.1. The molecular weight excluding hydrogens is 1490 g/mol. The molecule has 0 bridgehead atoms. The van der Waals surface area contributed by atoms with Crippen molar-refractivity contribution in [3.8, 4) is 0 Å². The molecule has 5 aliphatic rings. The van der Waals surface area contributed by atoms with E-state index in [9.17, 15) is 106 Å². The molecule has 10 unspecified atom stereocenters. The van der Waals surface area contributed by atoms with Crippen LogP contribution in [0.15, 0.2) is 24.3 Å². The van der Waals surface area contributed by atoms with Crippen LogP contribution in [0.25, 0.3) is 0 Å². The highest BCUT2D eigenvalue weighted by Gasteiger charge is 2.59. The van der Waals surface area contributed by atoms with Crippen LogP contribution in [0.1, 0.15) is 240 Å². The summed E-state index contributed by atoms with van der Waals surface area (Å²) in [6, 6.07) is -4.50. The first-order valence-electron chi connectivity index (χ1n) is 41.7. The molecule has 5 heterocycles. The fourth-order valence-electron chi connectivity index (χ4n) is 15.0. The first-order chi connectivity index (χ1) is 54.2. The highest BCUT2D eigenvalue weighted by molar-refractivity contribution is 5.77. The molecule has 5 rings (SSSR count). The van der Waals surface area contributed by atoms with Crippen LogP contribution >= 0.6 is 0 Å². The number of allylic oxidation sites excluding steroid dienone is 3. The van der Waals surface area contributed by atoms with E-state index in [2.05, 4.69) is 41.9 Å². The number of rotatable bonds is 57.